The Morgan fingerprint density at radius 2 is 1.11 bits per heavy atom. The molecule has 0 radical (unpaired) electrons. The highest BCUT2D eigenvalue weighted by Gasteiger charge is 2.27. The second-order valence-electron chi connectivity index (χ2n) is 18.2. The van der Waals surface area contributed by atoms with Crippen LogP contribution >= 0.6 is 0 Å². The lowest BCUT2D eigenvalue weighted by Crippen LogP contribution is -2.17. The third kappa shape index (κ3) is 6.90. The van der Waals surface area contributed by atoms with Gasteiger partial charge in [-0.2, -0.15) is 0 Å². The molecular formula is C52H51N3O. The fourth-order valence-corrected chi connectivity index (χ4v) is 7.66. The lowest BCUT2D eigenvalue weighted by atomic mass is 9.78. The molecule has 8 aromatic rings. The molecule has 4 nitrogen and oxygen atoms in total. The van der Waals surface area contributed by atoms with Crippen LogP contribution in [0.1, 0.15) is 79.0 Å². The van der Waals surface area contributed by atoms with Crippen molar-refractivity contribution >= 4 is 21.9 Å². The van der Waals surface area contributed by atoms with Crippen LogP contribution in [0.4, 0.5) is 0 Å². The lowest BCUT2D eigenvalue weighted by Gasteiger charge is -2.27. The van der Waals surface area contributed by atoms with Gasteiger partial charge in [-0.15, -0.1) is 0 Å². The van der Waals surface area contributed by atoms with Crippen molar-refractivity contribution in [3.05, 3.63) is 156 Å². The summed E-state index contributed by atoms with van der Waals surface area (Å²) in [4.78, 5) is 10.4. The van der Waals surface area contributed by atoms with E-state index in [2.05, 4.69) is 194 Å². The molecule has 280 valence electrons. The van der Waals surface area contributed by atoms with Gasteiger partial charge < -0.3 is 5.11 Å². The van der Waals surface area contributed by atoms with Gasteiger partial charge in [0.05, 0.1) is 16.9 Å². The Kier molecular flexibility index (Phi) is 9.00. The van der Waals surface area contributed by atoms with Gasteiger partial charge in [-0.1, -0.05) is 141 Å². The zero-order chi connectivity index (χ0) is 39.6. The minimum Gasteiger partial charge on any atom is -0.507 e. The number of phenols is 1. The molecule has 0 aliphatic heterocycles. The Morgan fingerprint density at radius 3 is 1.79 bits per heavy atom. The molecule has 0 atom stereocenters. The van der Waals surface area contributed by atoms with Crippen molar-refractivity contribution in [2.75, 3.05) is 0 Å². The first-order chi connectivity index (χ1) is 26.6. The second kappa shape index (κ2) is 13.6. The number of aromatic hydroxyl groups is 1. The van der Waals surface area contributed by atoms with E-state index in [1.54, 1.807) is 0 Å². The third-order valence-electron chi connectivity index (χ3n) is 11.0. The number of fused-ring (bicyclic) bond motifs is 3. The number of hydrogen-bond acceptors (Lipinski definition) is 3. The first-order valence-electron chi connectivity index (χ1n) is 19.6. The van der Waals surface area contributed by atoms with E-state index >= 15 is 0 Å². The molecule has 56 heavy (non-hydrogen) atoms. The topological polar surface area (TPSA) is 50.9 Å². The second-order valence-corrected chi connectivity index (χ2v) is 18.2. The summed E-state index contributed by atoms with van der Waals surface area (Å²) in [6, 6.07) is 47.4. The molecule has 0 unspecified atom stereocenters. The summed E-state index contributed by atoms with van der Waals surface area (Å²) in [7, 11) is 0. The maximum absolute atomic E-state index is 11.9. The molecule has 8 rings (SSSR count). The van der Waals surface area contributed by atoms with Crippen molar-refractivity contribution in [3.63, 3.8) is 0 Å². The minimum absolute atomic E-state index is 0.109. The molecular weight excluding hydrogens is 683 g/mol. The van der Waals surface area contributed by atoms with E-state index in [0.29, 0.717) is 0 Å². The number of nitrogens with zero attached hydrogens (tertiary/aromatic N) is 3. The van der Waals surface area contributed by atoms with Crippen LogP contribution in [0.3, 0.4) is 0 Å². The standard InChI is InChI=1S/C52H51N3O/c1-50(2,3)38-27-37(46-29-36(25-26-53-46)35-21-19-34(20-22-35)33-15-11-10-12-16-33)28-40(30-38)55-47-18-14-13-17-41(47)42-23-24-45(54-49(42)55)43-31-39(51(4,5)6)32-44(48(43)56)52(7,8)9/h10-32,56H,1-9H3. The Bertz CT molecular complexity index is 2730. The number of aromatic nitrogens is 3. The predicted octanol–water partition coefficient (Wildman–Crippen LogP) is 13.8. The number of benzene rings is 5. The molecule has 3 heterocycles. The largest absolute Gasteiger partial charge is 0.507 e. The summed E-state index contributed by atoms with van der Waals surface area (Å²) in [6.45, 7) is 19.9. The molecule has 0 amide bonds. The van der Waals surface area contributed by atoms with E-state index in [0.717, 1.165) is 66.8 Å². The van der Waals surface area contributed by atoms with Crippen molar-refractivity contribution in [1.82, 2.24) is 14.5 Å². The van der Waals surface area contributed by atoms with Crippen LogP contribution in [0.2, 0.25) is 0 Å². The van der Waals surface area contributed by atoms with Crippen LogP contribution in [0, 0.1) is 0 Å². The zero-order valence-electron chi connectivity index (χ0n) is 34.1. The highest BCUT2D eigenvalue weighted by molar-refractivity contribution is 6.08. The average molecular weight is 734 g/mol. The van der Waals surface area contributed by atoms with Gasteiger partial charge in [-0.05, 0) is 104 Å². The smallest absolute Gasteiger partial charge is 0.146 e. The van der Waals surface area contributed by atoms with E-state index in [1.807, 2.05) is 12.3 Å². The summed E-state index contributed by atoms with van der Waals surface area (Å²) in [5.74, 6) is 0.290. The van der Waals surface area contributed by atoms with Gasteiger partial charge in [0.2, 0.25) is 0 Å². The molecule has 0 spiro atoms. The fraction of sp³-hybridized carbons (Fsp3) is 0.231. The molecule has 1 N–H and O–H groups in total. The van der Waals surface area contributed by atoms with E-state index in [1.165, 1.54) is 22.3 Å². The summed E-state index contributed by atoms with van der Waals surface area (Å²) >= 11 is 0. The van der Waals surface area contributed by atoms with Crippen LogP contribution in [0.5, 0.6) is 5.75 Å². The molecule has 0 saturated carbocycles. The molecule has 0 saturated heterocycles. The van der Waals surface area contributed by atoms with Crippen molar-refractivity contribution in [1.29, 1.82) is 0 Å². The Hall–Kier alpha value is -6.00. The molecule has 3 aromatic heterocycles. The first-order valence-corrected chi connectivity index (χ1v) is 19.6. The van der Waals surface area contributed by atoms with Gasteiger partial charge in [0.15, 0.2) is 0 Å². The van der Waals surface area contributed by atoms with Crippen molar-refractivity contribution < 1.29 is 5.11 Å². The fourth-order valence-electron chi connectivity index (χ4n) is 7.66. The van der Waals surface area contributed by atoms with Crippen molar-refractivity contribution in [2.24, 2.45) is 0 Å². The van der Waals surface area contributed by atoms with Crippen LogP contribution in [0.25, 0.3) is 72.4 Å². The van der Waals surface area contributed by atoms with Gasteiger partial charge in [0.25, 0.3) is 0 Å². The van der Waals surface area contributed by atoms with E-state index < -0.39 is 0 Å². The highest BCUT2D eigenvalue weighted by Crippen LogP contribution is 2.43. The van der Waals surface area contributed by atoms with Crippen LogP contribution in [0.15, 0.2) is 140 Å². The molecule has 4 heteroatoms. The van der Waals surface area contributed by atoms with Gasteiger partial charge in [-0.25, -0.2) is 4.98 Å². The lowest BCUT2D eigenvalue weighted by molar-refractivity contribution is 0.446. The molecule has 0 aliphatic carbocycles. The summed E-state index contributed by atoms with van der Waals surface area (Å²) in [5.41, 5.74) is 13.9. The molecule has 5 aromatic carbocycles. The minimum atomic E-state index is -0.250. The SMILES string of the molecule is CC(C)(C)c1cc(-c2cc(-c3ccc(-c4ccccc4)cc3)ccn2)cc(-n2c3ccccc3c3ccc(-c4cc(C(C)(C)C)cc(C(C)(C)C)c4O)nc32)c1. The molecule has 0 fully saturated rings. The number of rotatable bonds is 5. The summed E-state index contributed by atoms with van der Waals surface area (Å²) in [5, 5.41) is 14.1. The number of para-hydroxylation sites is 1. The molecule has 0 bridgehead atoms. The maximum atomic E-state index is 11.9. The number of phenolic OH excluding ortho intramolecular Hbond substituents is 1. The van der Waals surface area contributed by atoms with E-state index in [4.69, 9.17) is 9.97 Å². The quantitative estimate of drug-likeness (QED) is 0.192. The predicted molar refractivity (Wildman–Crippen MR) is 236 cm³/mol. The zero-order valence-corrected chi connectivity index (χ0v) is 34.1. The van der Waals surface area contributed by atoms with Crippen LogP contribution in [-0.2, 0) is 16.2 Å². The third-order valence-corrected chi connectivity index (χ3v) is 11.0. The van der Waals surface area contributed by atoms with Gasteiger partial charge in [-0.3, -0.25) is 9.55 Å². The number of hydrogen-bond donors (Lipinski definition) is 1. The van der Waals surface area contributed by atoms with Gasteiger partial charge in [0.1, 0.15) is 11.4 Å². The first kappa shape index (κ1) is 36.9. The summed E-state index contributed by atoms with van der Waals surface area (Å²) < 4.78 is 2.29. The molecule has 0 aliphatic rings. The van der Waals surface area contributed by atoms with Gasteiger partial charge in [0, 0.05) is 39.3 Å². The maximum Gasteiger partial charge on any atom is 0.146 e. The highest BCUT2D eigenvalue weighted by atomic mass is 16.3. The van der Waals surface area contributed by atoms with Crippen molar-refractivity contribution in [3.8, 4) is 56.2 Å². The van der Waals surface area contributed by atoms with Crippen LogP contribution in [-0.4, -0.2) is 19.6 Å². The summed E-state index contributed by atoms with van der Waals surface area (Å²) in [6.07, 6.45) is 1.91. The van der Waals surface area contributed by atoms with Gasteiger partial charge >= 0.3 is 0 Å². The Labute approximate surface area is 331 Å². The van der Waals surface area contributed by atoms with Crippen molar-refractivity contribution in [2.45, 2.75) is 78.6 Å². The average Bonchev–Trinajstić information content (AvgIpc) is 3.51. The Morgan fingerprint density at radius 1 is 0.482 bits per heavy atom. The van der Waals surface area contributed by atoms with E-state index in [9.17, 15) is 5.11 Å². The normalized spacial score (nSPS) is 12.4. The van der Waals surface area contributed by atoms with Crippen LogP contribution < -0.4 is 0 Å². The Balaban J connectivity index is 1.31. The number of pyridine rings is 2. The monoisotopic (exact) mass is 733 g/mol. The van der Waals surface area contributed by atoms with E-state index in [-0.39, 0.29) is 22.0 Å².